The van der Waals surface area contributed by atoms with E-state index in [4.69, 9.17) is 21.1 Å². The van der Waals surface area contributed by atoms with E-state index in [2.05, 4.69) is 49.9 Å². The average molecular weight is 992 g/mol. The van der Waals surface area contributed by atoms with E-state index >= 15 is 0 Å². The molecule has 0 saturated carbocycles. The van der Waals surface area contributed by atoms with E-state index in [9.17, 15) is 16.8 Å². The highest BCUT2D eigenvalue weighted by molar-refractivity contribution is 7.91. The number of H-pyrrole nitrogens is 2. The van der Waals surface area contributed by atoms with Gasteiger partial charge in [0.25, 0.3) is 0 Å². The van der Waals surface area contributed by atoms with Crippen LogP contribution in [0.1, 0.15) is 52.5 Å². The zero-order chi connectivity index (χ0) is 47.7. The Morgan fingerprint density at radius 1 is 0.623 bits per heavy atom. The largest absolute Gasteiger partial charge is 0.491 e. The molecule has 0 radical (unpaired) electrons. The van der Waals surface area contributed by atoms with Crippen molar-refractivity contribution in [2.45, 2.75) is 63.7 Å². The van der Waals surface area contributed by atoms with Crippen LogP contribution in [0.15, 0.2) is 107 Å². The van der Waals surface area contributed by atoms with Crippen LogP contribution in [0.25, 0.3) is 66.1 Å². The Morgan fingerprint density at radius 3 is 1.51 bits per heavy atom. The molecule has 69 heavy (non-hydrogen) atoms. The van der Waals surface area contributed by atoms with Gasteiger partial charge in [-0.05, 0) is 173 Å². The number of hydrogen-bond acceptors (Lipinski definition) is 10. The third kappa shape index (κ3) is 10.7. The van der Waals surface area contributed by atoms with Crippen molar-refractivity contribution in [2.75, 3.05) is 65.0 Å². The molecule has 4 aromatic heterocycles. The molecule has 0 aliphatic carbocycles. The lowest BCUT2D eigenvalue weighted by molar-refractivity contribution is 0.161. The molecule has 6 heterocycles. The number of aromatic nitrogens is 4. The van der Waals surface area contributed by atoms with E-state index in [0.717, 1.165) is 129 Å². The summed E-state index contributed by atoms with van der Waals surface area (Å²) in [7, 11) is -2.30. The highest BCUT2D eigenvalue weighted by atomic mass is 35.5. The van der Waals surface area contributed by atoms with Gasteiger partial charge in [-0.15, -0.1) is 0 Å². The van der Waals surface area contributed by atoms with E-state index < -0.39 is 19.7 Å². The van der Waals surface area contributed by atoms with E-state index in [1.54, 1.807) is 50.4 Å². The van der Waals surface area contributed by atoms with E-state index in [1.165, 1.54) is 0 Å². The number of rotatable bonds is 12. The third-order valence-corrected chi connectivity index (χ3v) is 17.3. The summed E-state index contributed by atoms with van der Waals surface area (Å²) in [6.07, 6.45) is 8.01. The van der Waals surface area contributed by atoms with Gasteiger partial charge >= 0.3 is 0 Å². The van der Waals surface area contributed by atoms with Crippen molar-refractivity contribution in [3.8, 4) is 33.8 Å². The van der Waals surface area contributed by atoms with E-state index in [0.29, 0.717) is 45.5 Å². The molecule has 8 aromatic rings. The van der Waals surface area contributed by atoms with Gasteiger partial charge in [0.2, 0.25) is 0 Å². The molecule has 15 heteroatoms. The van der Waals surface area contributed by atoms with Crippen molar-refractivity contribution in [2.24, 2.45) is 11.8 Å². The lowest BCUT2D eigenvalue weighted by Crippen LogP contribution is -2.32. The van der Waals surface area contributed by atoms with Gasteiger partial charge in [-0.2, -0.15) is 0 Å². The first kappa shape index (κ1) is 49.9. The number of piperidine rings is 2. The average Bonchev–Trinajstić information content (AvgIpc) is 3.93. The summed E-state index contributed by atoms with van der Waals surface area (Å²) in [5.41, 5.74) is 7.90. The summed E-state index contributed by atoms with van der Waals surface area (Å²) in [6.45, 7) is 11.1. The molecule has 0 spiro atoms. The molecule has 2 saturated heterocycles. The number of ether oxygens (including phenoxy) is 2. The Balaban J connectivity index is 0.000000183. The van der Waals surface area contributed by atoms with Crippen LogP contribution >= 0.6 is 11.6 Å². The molecular formula is C54H63ClN6O6S2. The van der Waals surface area contributed by atoms with Crippen molar-refractivity contribution < 1.29 is 26.3 Å². The Kier molecular flexibility index (Phi) is 15.1. The lowest BCUT2D eigenvalue weighted by Gasteiger charge is -2.28. The van der Waals surface area contributed by atoms with Crippen LogP contribution in [0.5, 0.6) is 11.5 Å². The summed E-state index contributed by atoms with van der Waals surface area (Å²) in [5, 5.41) is 4.37. The molecule has 0 amide bonds. The highest BCUT2D eigenvalue weighted by Gasteiger charge is 2.23. The van der Waals surface area contributed by atoms with Gasteiger partial charge in [0.05, 0.1) is 50.6 Å². The molecule has 2 fully saturated rings. The Morgan fingerprint density at radius 2 is 1.06 bits per heavy atom. The Labute approximate surface area is 411 Å². The van der Waals surface area contributed by atoms with E-state index in [-0.39, 0.29) is 18.9 Å². The van der Waals surface area contributed by atoms with Crippen LogP contribution in [0, 0.1) is 18.8 Å². The topological polar surface area (TPSA) is 151 Å². The quantitative estimate of drug-likeness (QED) is 0.121. The first-order chi connectivity index (χ1) is 32.7. The molecular weight excluding hydrogens is 928 g/mol. The smallest absolute Gasteiger partial charge is 0.178 e. The lowest BCUT2D eigenvalue weighted by atomic mass is 9.98. The fourth-order valence-electron chi connectivity index (χ4n) is 9.44. The van der Waals surface area contributed by atoms with Gasteiger partial charge in [0.1, 0.15) is 22.8 Å². The normalized spacial score (nSPS) is 15.6. The van der Waals surface area contributed by atoms with Gasteiger partial charge in [-0.25, -0.2) is 26.8 Å². The van der Waals surface area contributed by atoms with Crippen molar-refractivity contribution in [3.05, 3.63) is 108 Å². The summed E-state index contributed by atoms with van der Waals surface area (Å²) >= 11 is 6.30. The second-order valence-corrected chi connectivity index (χ2v) is 23.4. The number of nitrogens with zero attached hydrogens (tertiary/aromatic N) is 4. The van der Waals surface area contributed by atoms with Gasteiger partial charge in [0.15, 0.2) is 19.7 Å². The van der Waals surface area contributed by atoms with Crippen LogP contribution in [0.3, 0.4) is 0 Å². The number of nitrogens with one attached hydrogen (secondary N) is 2. The number of likely N-dealkylation sites (tertiary alicyclic amines) is 2. The van der Waals surface area contributed by atoms with Gasteiger partial charge in [-0.3, -0.25) is 0 Å². The van der Waals surface area contributed by atoms with Crippen LogP contribution in [-0.2, 0) is 19.7 Å². The fourth-order valence-corrected chi connectivity index (χ4v) is 11.5. The summed E-state index contributed by atoms with van der Waals surface area (Å²) < 4.78 is 62.8. The predicted octanol–water partition coefficient (Wildman–Crippen LogP) is 11.4. The fraction of sp³-hybridized carbons (Fsp3) is 0.370. The number of pyridine rings is 2. The number of hydrogen-bond donors (Lipinski definition) is 2. The van der Waals surface area contributed by atoms with Crippen LogP contribution in [0.2, 0.25) is 5.02 Å². The van der Waals surface area contributed by atoms with E-state index in [1.807, 2.05) is 61.7 Å². The minimum Gasteiger partial charge on any atom is -0.491 e. The summed E-state index contributed by atoms with van der Waals surface area (Å²) in [4.78, 5) is 21.4. The van der Waals surface area contributed by atoms with Crippen LogP contribution in [-0.4, -0.2) is 112 Å². The SMILES string of the molecule is C.CCS(=O)(=O)c1cccc(-c2ccc(OCC3CCN(C)CC3)c3[nH]c4ncc(C)cc4c23)c1.CCS(=O)(=O)c1cccc(-c2ccc(OCC3CCN(C)CC3)c3[nH]c4ncc(Cl)cc4c23)c1. The van der Waals surface area contributed by atoms with Crippen molar-refractivity contribution >= 4 is 75.1 Å². The van der Waals surface area contributed by atoms with Crippen molar-refractivity contribution in [1.29, 1.82) is 0 Å². The van der Waals surface area contributed by atoms with Gasteiger partial charge in [-0.1, -0.05) is 57.1 Å². The number of halogens is 1. The molecule has 0 unspecified atom stereocenters. The maximum absolute atomic E-state index is 12.5. The zero-order valence-electron chi connectivity index (χ0n) is 39.3. The Hall–Kier alpha value is -5.51. The number of aryl methyl sites for hydroxylation is 1. The minimum atomic E-state index is -3.32. The van der Waals surface area contributed by atoms with Crippen LogP contribution in [0.4, 0.5) is 0 Å². The number of aromatic amines is 2. The first-order valence-electron chi connectivity index (χ1n) is 23.5. The monoisotopic (exact) mass is 990 g/mol. The molecule has 12 nitrogen and oxygen atoms in total. The Bertz CT molecular complexity index is 3130. The molecule has 2 aliphatic rings. The molecule has 2 aliphatic heterocycles. The number of fused-ring (bicyclic) bond motifs is 6. The number of benzene rings is 4. The maximum atomic E-state index is 12.5. The van der Waals surface area contributed by atoms with Gasteiger partial charge < -0.3 is 29.2 Å². The summed E-state index contributed by atoms with van der Waals surface area (Å²) in [6, 6.07) is 26.3. The van der Waals surface area contributed by atoms with Crippen molar-refractivity contribution in [1.82, 2.24) is 29.7 Å². The zero-order valence-corrected chi connectivity index (χ0v) is 41.7. The predicted molar refractivity (Wildman–Crippen MR) is 281 cm³/mol. The molecule has 10 rings (SSSR count). The minimum absolute atomic E-state index is 0. The van der Waals surface area contributed by atoms with Gasteiger partial charge in [0, 0.05) is 33.9 Å². The highest BCUT2D eigenvalue weighted by Crippen LogP contribution is 2.42. The third-order valence-electron chi connectivity index (χ3n) is 13.6. The second kappa shape index (κ2) is 20.8. The molecule has 0 bridgehead atoms. The van der Waals surface area contributed by atoms with Crippen LogP contribution < -0.4 is 9.47 Å². The molecule has 4 aromatic carbocycles. The first-order valence-corrected chi connectivity index (χ1v) is 27.2. The van der Waals surface area contributed by atoms with Crippen molar-refractivity contribution in [3.63, 3.8) is 0 Å². The molecule has 0 atom stereocenters. The molecule has 2 N–H and O–H groups in total. The maximum Gasteiger partial charge on any atom is 0.178 e. The number of sulfone groups is 2. The molecule has 364 valence electrons. The summed E-state index contributed by atoms with van der Waals surface area (Å²) in [5.74, 6) is 2.79. The second-order valence-electron chi connectivity index (χ2n) is 18.4. The standard InChI is InChI=1S/C27H31N3O3S.C26H28ClN3O3S.CH4/c1-4-34(31,32)21-7-5-6-20(15-21)22-8-9-24(33-17-19-10-12-30(3)13-11-19)26-25(22)23-14-18(2)16-28-27(23)29-26;1-3-34(31,32)20-6-4-5-18(13-20)21-7-8-23(33-16-17-9-11-30(2)12-10-17)25-24(21)22-14-19(27)15-28-26(22)29-25;/h5-9,14-16,19H,4,10-13,17H2,1-3H3,(H,28,29);4-8,13-15,17H,3,9-12,16H2,1-2H3,(H,28,29);1H4.